The summed E-state index contributed by atoms with van der Waals surface area (Å²) in [5.74, 6) is 0. The van der Waals surface area contributed by atoms with Crippen LogP contribution in [0.15, 0.2) is 24.3 Å². The van der Waals surface area contributed by atoms with Crippen LogP contribution in [0.4, 0.5) is 19.4 Å². The monoisotopic (exact) mass is 340 g/mol. The summed E-state index contributed by atoms with van der Waals surface area (Å²) < 4.78 is 62.3. The number of hydrogen-bond acceptors (Lipinski definition) is 1. The van der Waals surface area contributed by atoms with Crippen LogP contribution in [-0.4, -0.2) is 0 Å². The highest BCUT2D eigenvalue weighted by Gasteiger charge is 2.65. The van der Waals surface area contributed by atoms with Gasteiger partial charge in [-0.1, -0.05) is 59.6 Å². The molecule has 17 heavy (non-hydrogen) atoms. The molecular formula is C9H10BrF5OS. The van der Waals surface area contributed by atoms with Crippen LogP contribution in [0.2, 0.25) is 0 Å². The minimum Gasteiger partial charge on any atom is -0.235 e. The quantitative estimate of drug-likeness (QED) is 0.491. The zero-order valence-corrected chi connectivity index (χ0v) is 11.1. The van der Waals surface area contributed by atoms with Crippen molar-refractivity contribution < 1.29 is 23.6 Å². The smallest absolute Gasteiger partial charge is 0.235 e. The molecule has 1 unspecified atom stereocenters. The summed E-state index contributed by atoms with van der Waals surface area (Å²) in [5, 5.41) is 0. The van der Waals surface area contributed by atoms with Crippen LogP contribution in [0.1, 0.15) is 22.9 Å². The van der Waals surface area contributed by atoms with Crippen molar-refractivity contribution in [3.8, 4) is 0 Å². The van der Waals surface area contributed by atoms with Crippen molar-refractivity contribution in [2.24, 2.45) is 0 Å². The second kappa shape index (κ2) is 3.83. The Bertz CT molecular complexity index is 399. The molecule has 100 valence electrons. The summed E-state index contributed by atoms with van der Waals surface area (Å²) in [6.07, 6.45) is 0. The maximum Gasteiger partial charge on any atom is 0.397 e. The molecule has 0 amide bonds. The van der Waals surface area contributed by atoms with Gasteiger partial charge in [0.05, 0.1) is 6.61 Å². The molecule has 1 aromatic carbocycles. The minimum absolute atomic E-state index is 0.0353. The van der Waals surface area contributed by atoms with E-state index in [0.29, 0.717) is 0 Å². The van der Waals surface area contributed by atoms with Gasteiger partial charge in [-0.25, -0.2) is 4.18 Å². The number of alkyl halides is 1. The van der Waals surface area contributed by atoms with Crippen molar-refractivity contribution >= 4 is 26.4 Å². The Morgan fingerprint density at radius 3 is 1.94 bits per heavy atom. The number of halogens is 6. The molecule has 0 aromatic heterocycles. The molecule has 0 saturated heterocycles. The third kappa shape index (κ3) is 6.23. The predicted molar refractivity (Wildman–Crippen MR) is 61.7 cm³/mol. The molecule has 0 saturated carbocycles. The van der Waals surface area contributed by atoms with Gasteiger partial charge in [0.2, 0.25) is 0 Å². The second-order valence-corrected chi connectivity index (χ2v) is 6.92. The highest BCUT2D eigenvalue weighted by Crippen LogP contribution is 2.98. The van der Waals surface area contributed by atoms with E-state index in [1.54, 1.807) is 12.1 Å². The van der Waals surface area contributed by atoms with Gasteiger partial charge in [-0.15, -0.1) is 0 Å². The van der Waals surface area contributed by atoms with Crippen molar-refractivity contribution in [3.05, 3.63) is 35.4 Å². The van der Waals surface area contributed by atoms with Crippen LogP contribution in [0, 0.1) is 0 Å². The van der Waals surface area contributed by atoms with Crippen LogP contribution in [0.25, 0.3) is 0 Å². The molecule has 1 aromatic rings. The lowest BCUT2D eigenvalue weighted by molar-refractivity contribution is 0.147. The Labute approximate surface area is 104 Å². The fourth-order valence-corrected chi connectivity index (χ4v) is 1.72. The summed E-state index contributed by atoms with van der Waals surface area (Å²) in [7, 11) is -9.78. The third-order valence-corrected chi connectivity index (χ3v) is 2.98. The molecular weight excluding hydrogens is 331 g/mol. The van der Waals surface area contributed by atoms with Gasteiger partial charge >= 0.3 is 10.5 Å². The van der Waals surface area contributed by atoms with E-state index in [-0.39, 0.29) is 10.4 Å². The van der Waals surface area contributed by atoms with Gasteiger partial charge in [0.15, 0.2) is 0 Å². The van der Waals surface area contributed by atoms with E-state index >= 15 is 0 Å². The fourth-order valence-electron chi connectivity index (χ4n) is 1.06. The largest absolute Gasteiger partial charge is 0.397 e. The molecule has 8 heteroatoms. The summed E-state index contributed by atoms with van der Waals surface area (Å²) in [4.78, 5) is 0.0353. The summed E-state index contributed by atoms with van der Waals surface area (Å²) in [6.45, 7) is 0.648. The van der Waals surface area contributed by atoms with Crippen molar-refractivity contribution in [3.63, 3.8) is 0 Å². The lowest BCUT2D eigenvalue weighted by Crippen LogP contribution is -2.10. The van der Waals surface area contributed by atoms with E-state index in [0.717, 1.165) is 5.56 Å². The van der Waals surface area contributed by atoms with Gasteiger partial charge in [0.1, 0.15) is 0 Å². The predicted octanol–water partition coefficient (Wildman–Crippen LogP) is 5.87. The Kier molecular flexibility index (Phi) is 3.31. The minimum atomic E-state index is -9.78. The molecule has 0 aliphatic heterocycles. The standard InChI is InChI=1S/C9H10BrF5OS/c1-7(10)9-4-2-8(3-5-9)6-16-17(11,12,13,14)15/h2-5,7H,6H2,1H3. The first-order valence-electron chi connectivity index (χ1n) is 4.49. The molecule has 1 rings (SSSR count). The first-order valence-corrected chi connectivity index (χ1v) is 7.28. The molecule has 0 spiro atoms. The Morgan fingerprint density at radius 1 is 1.12 bits per heavy atom. The number of benzene rings is 1. The highest BCUT2D eigenvalue weighted by atomic mass is 79.9. The van der Waals surface area contributed by atoms with Gasteiger partial charge < -0.3 is 0 Å². The van der Waals surface area contributed by atoms with Gasteiger partial charge in [-0.05, 0) is 18.1 Å². The Hall–Kier alpha value is -0.340. The van der Waals surface area contributed by atoms with E-state index in [1.807, 2.05) is 6.92 Å². The molecule has 0 N–H and O–H groups in total. The van der Waals surface area contributed by atoms with E-state index in [2.05, 4.69) is 20.1 Å². The van der Waals surface area contributed by atoms with E-state index in [9.17, 15) is 19.4 Å². The summed E-state index contributed by atoms with van der Waals surface area (Å²) in [6, 6.07) is 5.72. The van der Waals surface area contributed by atoms with E-state index in [4.69, 9.17) is 0 Å². The second-order valence-electron chi connectivity index (χ2n) is 3.52. The van der Waals surface area contributed by atoms with Crippen LogP contribution in [0.3, 0.4) is 0 Å². The summed E-state index contributed by atoms with van der Waals surface area (Å²) in [5.41, 5.74) is 0.872. The maximum absolute atomic E-state index is 11.9. The molecule has 1 atom stereocenters. The zero-order chi connectivity index (χ0) is 13.4. The SMILES string of the molecule is CC(Br)c1ccc(COS(F)(F)(F)(F)F)cc1. The van der Waals surface area contributed by atoms with Crippen LogP contribution >= 0.6 is 26.4 Å². The fraction of sp³-hybridized carbons (Fsp3) is 0.333. The first kappa shape index (κ1) is 14.7. The van der Waals surface area contributed by atoms with E-state index < -0.39 is 17.1 Å². The Balaban J connectivity index is 2.73. The average Bonchev–Trinajstić information content (AvgIpc) is 2.12. The topological polar surface area (TPSA) is 9.23 Å². The maximum atomic E-state index is 11.9. The van der Waals surface area contributed by atoms with Crippen LogP contribution < -0.4 is 0 Å². The van der Waals surface area contributed by atoms with Crippen LogP contribution in [-0.2, 0) is 10.8 Å². The van der Waals surface area contributed by atoms with Gasteiger partial charge in [0.25, 0.3) is 0 Å². The molecule has 0 heterocycles. The lowest BCUT2D eigenvalue weighted by Gasteiger charge is -2.38. The number of hydrogen-bond donors (Lipinski definition) is 0. The Morgan fingerprint density at radius 2 is 1.59 bits per heavy atom. The van der Waals surface area contributed by atoms with Crippen molar-refractivity contribution in [2.45, 2.75) is 18.4 Å². The number of rotatable bonds is 4. The van der Waals surface area contributed by atoms with Crippen molar-refractivity contribution in [1.29, 1.82) is 0 Å². The van der Waals surface area contributed by atoms with Gasteiger partial charge in [-0.3, -0.25) is 0 Å². The zero-order valence-electron chi connectivity index (χ0n) is 8.68. The van der Waals surface area contributed by atoms with Crippen LogP contribution in [0.5, 0.6) is 0 Å². The van der Waals surface area contributed by atoms with Gasteiger partial charge in [0, 0.05) is 4.83 Å². The molecule has 0 bridgehead atoms. The molecule has 0 aliphatic rings. The third-order valence-electron chi connectivity index (χ3n) is 1.89. The van der Waals surface area contributed by atoms with Gasteiger partial charge in [-0.2, -0.15) is 0 Å². The van der Waals surface area contributed by atoms with Crippen molar-refractivity contribution in [2.75, 3.05) is 0 Å². The normalized spacial score (nSPS) is 18.3. The summed E-state index contributed by atoms with van der Waals surface area (Å²) >= 11 is 3.27. The average molecular weight is 341 g/mol. The molecule has 0 aliphatic carbocycles. The first-order chi connectivity index (χ1) is 7.36. The lowest BCUT2D eigenvalue weighted by atomic mass is 10.1. The highest BCUT2D eigenvalue weighted by molar-refractivity contribution is 9.09. The molecule has 0 radical (unpaired) electrons. The molecule has 0 fully saturated rings. The van der Waals surface area contributed by atoms with Crippen molar-refractivity contribution in [1.82, 2.24) is 0 Å². The van der Waals surface area contributed by atoms with E-state index in [1.165, 1.54) is 12.1 Å². The molecule has 1 nitrogen and oxygen atoms in total.